The molecule has 0 heterocycles. The van der Waals surface area contributed by atoms with Gasteiger partial charge in [-0.1, -0.05) is 54.6 Å². The molecule has 0 saturated carbocycles. The fraction of sp³-hybridized carbons (Fsp3) is 0.120. The van der Waals surface area contributed by atoms with Crippen molar-refractivity contribution >= 4 is 10.8 Å². The van der Waals surface area contributed by atoms with Crippen molar-refractivity contribution in [1.82, 2.24) is 0 Å². The van der Waals surface area contributed by atoms with E-state index in [-0.39, 0.29) is 0 Å². The Morgan fingerprint density at radius 2 is 1.46 bits per heavy atom. The SMILES string of the molecule is COc1ccc(-c2cc3cccc(OCc4ccccc4)c3cc2OC)cc1. The summed E-state index contributed by atoms with van der Waals surface area (Å²) in [5.74, 6) is 2.49. The Bertz CT molecular complexity index is 1070. The summed E-state index contributed by atoms with van der Waals surface area (Å²) in [5.41, 5.74) is 3.26. The van der Waals surface area contributed by atoms with E-state index in [1.165, 1.54) is 0 Å². The molecule has 0 atom stereocenters. The smallest absolute Gasteiger partial charge is 0.127 e. The van der Waals surface area contributed by atoms with Gasteiger partial charge >= 0.3 is 0 Å². The molecule has 28 heavy (non-hydrogen) atoms. The van der Waals surface area contributed by atoms with E-state index < -0.39 is 0 Å². The number of rotatable bonds is 6. The molecule has 4 rings (SSSR count). The van der Waals surface area contributed by atoms with Gasteiger partial charge in [-0.25, -0.2) is 0 Å². The van der Waals surface area contributed by atoms with Crippen LogP contribution in [0.5, 0.6) is 17.2 Å². The van der Waals surface area contributed by atoms with Gasteiger partial charge in [0.15, 0.2) is 0 Å². The first-order chi connectivity index (χ1) is 13.8. The highest BCUT2D eigenvalue weighted by Crippen LogP contribution is 2.38. The summed E-state index contributed by atoms with van der Waals surface area (Å²) in [7, 11) is 3.37. The molecule has 0 unspecified atom stereocenters. The number of hydrogen-bond donors (Lipinski definition) is 0. The highest BCUT2D eigenvalue weighted by molar-refractivity contribution is 5.94. The average Bonchev–Trinajstić information content (AvgIpc) is 2.77. The highest BCUT2D eigenvalue weighted by atomic mass is 16.5. The number of hydrogen-bond acceptors (Lipinski definition) is 3. The van der Waals surface area contributed by atoms with E-state index in [2.05, 4.69) is 30.3 Å². The number of ether oxygens (including phenoxy) is 3. The Kier molecular flexibility index (Phi) is 5.16. The van der Waals surface area contributed by atoms with Crippen molar-refractivity contribution in [2.45, 2.75) is 6.61 Å². The van der Waals surface area contributed by atoms with Crippen molar-refractivity contribution in [2.24, 2.45) is 0 Å². The third-order valence-corrected chi connectivity index (χ3v) is 4.80. The van der Waals surface area contributed by atoms with Crippen LogP contribution in [0, 0.1) is 0 Å². The zero-order valence-corrected chi connectivity index (χ0v) is 16.0. The topological polar surface area (TPSA) is 27.7 Å². The largest absolute Gasteiger partial charge is 0.497 e. The van der Waals surface area contributed by atoms with Crippen molar-refractivity contribution in [3.63, 3.8) is 0 Å². The molecule has 0 radical (unpaired) electrons. The van der Waals surface area contributed by atoms with E-state index in [9.17, 15) is 0 Å². The normalized spacial score (nSPS) is 10.6. The maximum Gasteiger partial charge on any atom is 0.127 e. The van der Waals surface area contributed by atoms with Gasteiger partial charge in [0.1, 0.15) is 23.9 Å². The maximum absolute atomic E-state index is 6.11. The van der Waals surface area contributed by atoms with Crippen LogP contribution in [0.3, 0.4) is 0 Å². The van der Waals surface area contributed by atoms with E-state index >= 15 is 0 Å². The lowest BCUT2D eigenvalue weighted by molar-refractivity contribution is 0.310. The second-order valence-corrected chi connectivity index (χ2v) is 6.53. The Balaban J connectivity index is 1.72. The molecule has 3 heteroatoms. The number of benzene rings is 4. The molecule has 0 aliphatic rings. The van der Waals surface area contributed by atoms with Gasteiger partial charge in [-0.3, -0.25) is 0 Å². The van der Waals surface area contributed by atoms with Gasteiger partial charge in [-0.2, -0.15) is 0 Å². The lowest BCUT2D eigenvalue weighted by Crippen LogP contribution is -1.96. The third-order valence-electron chi connectivity index (χ3n) is 4.80. The molecule has 0 spiro atoms. The quantitative estimate of drug-likeness (QED) is 0.410. The zero-order chi connectivity index (χ0) is 19.3. The van der Waals surface area contributed by atoms with Crippen LogP contribution in [0.4, 0.5) is 0 Å². The minimum Gasteiger partial charge on any atom is -0.497 e. The molecule has 0 amide bonds. The Hall–Kier alpha value is -3.46. The molecule has 4 aromatic rings. The van der Waals surface area contributed by atoms with E-state index in [4.69, 9.17) is 14.2 Å². The van der Waals surface area contributed by atoms with Crippen LogP contribution in [-0.4, -0.2) is 14.2 Å². The Morgan fingerprint density at radius 1 is 0.679 bits per heavy atom. The van der Waals surface area contributed by atoms with Crippen molar-refractivity contribution in [3.8, 4) is 28.4 Å². The van der Waals surface area contributed by atoms with Crippen LogP contribution in [0.1, 0.15) is 5.56 Å². The van der Waals surface area contributed by atoms with Gasteiger partial charge in [0.05, 0.1) is 14.2 Å². The highest BCUT2D eigenvalue weighted by Gasteiger charge is 2.11. The van der Waals surface area contributed by atoms with Crippen LogP contribution >= 0.6 is 0 Å². The lowest BCUT2D eigenvalue weighted by atomic mass is 9.99. The average molecular weight is 370 g/mol. The second-order valence-electron chi connectivity index (χ2n) is 6.53. The fourth-order valence-electron chi connectivity index (χ4n) is 3.30. The van der Waals surface area contributed by atoms with Gasteiger partial charge in [0.25, 0.3) is 0 Å². The van der Waals surface area contributed by atoms with Gasteiger partial charge in [0, 0.05) is 10.9 Å². The first-order valence-electron chi connectivity index (χ1n) is 9.20. The first-order valence-corrected chi connectivity index (χ1v) is 9.20. The summed E-state index contributed by atoms with van der Waals surface area (Å²) in [6.07, 6.45) is 0. The van der Waals surface area contributed by atoms with E-state index in [0.717, 1.165) is 44.7 Å². The van der Waals surface area contributed by atoms with E-state index in [1.807, 2.05) is 54.6 Å². The van der Waals surface area contributed by atoms with Gasteiger partial charge in [-0.05, 0) is 46.8 Å². The summed E-state index contributed by atoms with van der Waals surface area (Å²) >= 11 is 0. The first kappa shape index (κ1) is 17.9. The number of methoxy groups -OCH3 is 2. The van der Waals surface area contributed by atoms with E-state index in [1.54, 1.807) is 14.2 Å². The molecule has 0 fully saturated rings. The lowest BCUT2D eigenvalue weighted by Gasteiger charge is -2.14. The van der Waals surface area contributed by atoms with Crippen molar-refractivity contribution < 1.29 is 14.2 Å². The molecule has 0 saturated heterocycles. The van der Waals surface area contributed by atoms with E-state index in [0.29, 0.717) is 6.61 Å². The Morgan fingerprint density at radius 3 is 2.18 bits per heavy atom. The molecule has 0 aliphatic carbocycles. The molecule has 3 nitrogen and oxygen atoms in total. The minimum atomic E-state index is 0.530. The molecule has 0 aliphatic heterocycles. The van der Waals surface area contributed by atoms with Crippen molar-refractivity contribution in [1.29, 1.82) is 0 Å². The Labute approximate surface area is 165 Å². The molecule has 0 N–H and O–H groups in total. The van der Waals surface area contributed by atoms with Crippen LogP contribution in [0.15, 0.2) is 84.9 Å². The second kappa shape index (κ2) is 8.05. The third kappa shape index (κ3) is 3.65. The van der Waals surface area contributed by atoms with Crippen LogP contribution in [0.25, 0.3) is 21.9 Å². The summed E-state index contributed by atoms with van der Waals surface area (Å²) in [5, 5.41) is 2.14. The van der Waals surface area contributed by atoms with Crippen LogP contribution in [-0.2, 0) is 6.61 Å². The fourth-order valence-corrected chi connectivity index (χ4v) is 3.30. The molecule has 4 aromatic carbocycles. The predicted molar refractivity (Wildman–Crippen MR) is 113 cm³/mol. The zero-order valence-electron chi connectivity index (χ0n) is 16.0. The molecule has 0 bridgehead atoms. The predicted octanol–water partition coefficient (Wildman–Crippen LogP) is 6.10. The minimum absolute atomic E-state index is 0.530. The van der Waals surface area contributed by atoms with Gasteiger partial charge in [0.2, 0.25) is 0 Å². The summed E-state index contributed by atoms with van der Waals surface area (Å²) in [4.78, 5) is 0. The van der Waals surface area contributed by atoms with Crippen LogP contribution < -0.4 is 14.2 Å². The van der Waals surface area contributed by atoms with Crippen molar-refractivity contribution in [3.05, 3.63) is 90.5 Å². The van der Waals surface area contributed by atoms with Crippen molar-refractivity contribution in [2.75, 3.05) is 14.2 Å². The van der Waals surface area contributed by atoms with Crippen LogP contribution in [0.2, 0.25) is 0 Å². The molecular weight excluding hydrogens is 348 g/mol. The summed E-state index contributed by atoms with van der Waals surface area (Å²) < 4.78 is 17.1. The maximum atomic E-state index is 6.11. The summed E-state index contributed by atoms with van der Waals surface area (Å²) in [6, 6.07) is 28.5. The molecule has 140 valence electrons. The molecular formula is C25H22O3. The molecule has 0 aromatic heterocycles. The standard InChI is InChI=1S/C25H22O3/c1-26-21-13-11-19(12-14-21)22-15-20-9-6-10-24(23(20)16-25(22)27-2)28-17-18-7-4-3-5-8-18/h3-16H,17H2,1-2H3. The monoisotopic (exact) mass is 370 g/mol. The number of fused-ring (bicyclic) bond motifs is 1. The summed E-state index contributed by atoms with van der Waals surface area (Å²) in [6.45, 7) is 0.530. The van der Waals surface area contributed by atoms with Gasteiger partial charge in [-0.15, -0.1) is 0 Å². The van der Waals surface area contributed by atoms with Gasteiger partial charge < -0.3 is 14.2 Å².